The highest BCUT2D eigenvalue weighted by molar-refractivity contribution is 6.40. The predicted octanol–water partition coefficient (Wildman–Crippen LogP) is 8.23. The average Bonchev–Trinajstić information content (AvgIpc) is 3.71. The predicted molar refractivity (Wildman–Crippen MR) is 224 cm³/mol. The lowest BCUT2D eigenvalue weighted by Crippen LogP contribution is -2.24. The van der Waals surface area contributed by atoms with Crippen molar-refractivity contribution in [1.29, 1.82) is 0 Å². The molecular formula is C45H34F2N10O2. The number of carbonyl (C=O) groups excluding carboxylic acids is 1. The van der Waals surface area contributed by atoms with Crippen LogP contribution in [0.5, 0.6) is 0 Å². The standard InChI is InChI=1S/C45H34F2N10O2/c1-23-31-13-27(5-7-42(31)56(3)54-23)37-21-33-35(46)15-29(18-39(33)52-50-37)25-9-11-48-41(17-25)45(58)59-44-20-26(10-12-49-44)30-16-36(47)34-22-38(51-53-40(34)19-30)28-6-8-43-32(14-28)24(2)55-57(43)4/h5-10,13-16,18-19,21-22H,11-12,17,20H2,1-4H3. The van der Waals surface area contributed by atoms with E-state index < -0.39 is 17.6 Å². The van der Waals surface area contributed by atoms with Crippen LogP contribution in [0.25, 0.3) is 77.3 Å². The second-order valence-corrected chi connectivity index (χ2v) is 14.8. The summed E-state index contributed by atoms with van der Waals surface area (Å²) in [7, 11) is 3.79. The lowest BCUT2D eigenvalue weighted by atomic mass is 9.96. The van der Waals surface area contributed by atoms with Gasteiger partial charge in [0.15, 0.2) is 5.90 Å². The van der Waals surface area contributed by atoms with Crippen molar-refractivity contribution >= 4 is 72.3 Å². The first-order valence-corrected chi connectivity index (χ1v) is 19.1. The summed E-state index contributed by atoms with van der Waals surface area (Å²) in [6.07, 6.45) is 4.01. The van der Waals surface area contributed by atoms with E-state index in [1.54, 1.807) is 24.3 Å². The molecule has 0 saturated heterocycles. The highest BCUT2D eigenvalue weighted by atomic mass is 19.1. The second-order valence-electron chi connectivity index (χ2n) is 14.8. The van der Waals surface area contributed by atoms with E-state index in [1.807, 2.05) is 85.9 Å². The third-order valence-electron chi connectivity index (χ3n) is 11.1. The zero-order chi connectivity index (χ0) is 40.5. The monoisotopic (exact) mass is 784 g/mol. The van der Waals surface area contributed by atoms with Crippen LogP contribution in [0.15, 0.2) is 94.9 Å². The molecule has 59 heavy (non-hydrogen) atoms. The number of ether oxygens (including phenoxy) is 1. The molecule has 2 aliphatic rings. The summed E-state index contributed by atoms with van der Waals surface area (Å²) in [5.74, 6) is -1.36. The van der Waals surface area contributed by atoms with Crippen molar-refractivity contribution in [3.05, 3.63) is 119 Å². The normalized spacial score (nSPS) is 14.5. The molecular weight excluding hydrogens is 751 g/mol. The molecule has 0 atom stereocenters. The van der Waals surface area contributed by atoms with E-state index in [2.05, 4.69) is 40.6 Å². The lowest BCUT2D eigenvalue weighted by Gasteiger charge is -2.18. The number of esters is 1. The topological polar surface area (TPSA) is 138 Å². The van der Waals surface area contributed by atoms with Crippen LogP contribution in [-0.2, 0) is 23.6 Å². The summed E-state index contributed by atoms with van der Waals surface area (Å²) >= 11 is 0. The number of aromatic nitrogens is 8. The number of hydrogen-bond donors (Lipinski definition) is 0. The molecule has 4 aromatic heterocycles. The van der Waals surface area contributed by atoms with E-state index in [0.29, 0.717) is 49.9 Å². The van der Waals surface area contributed by atoms with Crippen molar-refractivity contribution < 1.29 is 18.3 Å². The van der Waals surface area contributed by atoms with Crippen LogP contribution in [0.4, 0.5) is 8.78 Å². The van der Waals surface area contributed by atoms with Crippen molar-refractivity contribution in [1.82, 2.24) is 40.0 Å². The number of nitrogens with zero attached hydrogens (tertiary/aromatic N) is 10. The van der Waals surface area contributed by atoms with Gasteiger partial charge in [-0.3, -0.25) is 19.3 Å². The number of benzene rings is 4. The Balaban J connectivity index is 0.821. The minimum absolute atomic E-state index is 0.127. The van der Waals surface area contributed by atoms with Gasteiger partial charge in [0.2, 0.25) is 0 Å². The van der Waals surface area contributed by atoms with E-state index in [1.165, 1.54) is 12.1 Å². The number of aliphatic imine (C=N–C) groups is 2. The Kier molecular flexibility index (Phi) is 8.51. The fourth-order valence-electron chi connectivity index (χ4n) is 7.99. The molecule has 8 aromatic rings. The average molecular weight is 785 g/mol. The number of fused-ring (bicyclic) bond motifs is 4. The molecule has 12 nitrogen and oxygen atoms in total. The Hall–Kier alpha value is -7.35. The number of aryl methyl sites for hydroxylation is 4. The maximum absolute atomic E-state index is 15.7. The maximum Gasteiger partial charge on any atom is 0.359 e. The molecule has 290 valence electrons. The van der Waals surface area contributed by atoms with E-state index in [9.17, 15) is 4.79 Å². The Morgan fingerprint density at radius 2 is 1.10 bits per heavy atom. The molecule has 0 radical (unpaired) electrons. The SMILES string of the molecule is Cc1nn(C)c2ccc(-c3cc4c(F)cc(C5=CCN=C(OC(=O)C6=NCC=C(c7cc(F)c8cc(-c9ccc%10c(c9)c(C)nn%10C)nnc8c7)C6)C5)cc4nn3)cc12. The first-order valence-electron chi connectivity index (χ1n) is 19.1. The molecule has 0 amide bonds. The van der Waals surface area contributed by atoms with E-state index in [0.717, 1.165) is 49.9 Å². The molecule has 0 spiro atoms. The van der Waals surface area contributed by atoms with Gasteiger partial charge in [-0.15, -0.1) is 20.4 Å². The minimum Gasteiger partial charge on any atom is -0.407 e. The van der Waals surface area contributed by atoms with Crippen LogP contribution in [0.1, 0.15) is 35.4 Å². The van der Waals surface area contributed by atoms with Gasteiger partial charge in [-0.05, 0) is 96.8 Å². The van der Waals surface area contributed by atoms with Crippen LogP contribution in [-0.4, -0.2) is 70.6 Å². The van der Waals surface area contributed by atoms with Gasteiger partial charge in [0.1, 0.15) is 17.3 Å². The van der Waals surface area contributed by atoms with Crippen LogP contribution in [0.3, 0.4) is 0 Å². The van der Waals surface area contributed by atoms with Gasteiger partial charge in [0.05, 0.1) is 57.9 Å². The second kappa shape index (κ2) is 13.9. The molecule has 0 fully saturated rings. The van der Waals surface area contributed by atoms with Gasteiger partial charge in [0, 0.05) is 59.6 Å². The fourth-order valence-corrected chi connectivity index (χ4v) is 7.99. The van der Waals surface area contributed by atoms with E-state index >= 15 is 8.78 Å². The first-order chi connectivity index (χ1) is 28.6. The number of hydrogen-bond acceptors (Lipinski definition) is 10. The molecule has 10 rings (SSSR count). The van der Waals surface area contributed by atoms with E-state index in [-0.39, 0.29) is 37.5 Å². The van der Waals surface area contributed by atoms with Crippen molar-refractivity contribution in [2.75, 3.05) is 13.1 Å². The van der Waals surface area contributed by atoms with Gasteiger partial charge in [-0.25, -0.2) is 13.6 Å². The van der Waals surface area contributed by atoms with Gasteiger partial charge >= 0.3 is 5.97 Å². The zero-order valence-electron chi connectivity index (χ0n) is 32.5. The van der Waals surface area contributed by atoms with Crippen molar-refractivity contribution in [2.45, 2.75) is 26.7 Å². The number of allylic oxidation sites excluding steroid dienone is 1. The highest BCUT2D eigenvalue weighted by Gasteiger charge is 2.24. The smallest absolute Gasteiger partial charge is 0.359 e. The van der Waals surface area contributed by atoms with Crippen LogP contribution in [0.2, 0.25) is 0 Å². The Morgan fingerprint density at radius 3 is 1.64 bits per heavy atom. The van der Waals surface area contributed by atoms with Gasteiger partial charge in [-0.2, -0.15) is 10.2 Å². The largest absolute Gasteiger partial charge is 0.407 e. The van der Waals surface area contributed by atoms with Crippen LogP contribution >= 0.6 is 0 Å². The summed E-state index contributed by atoms with van der Waals surface area (Å²) in [5.41, 5.74) is 10.1. The molecule has 2 aliphatic heterocycles. The fraction of sp³-hybridized carbons (Fsp3) is 0.178. The zero-order valence-corrected chi connectivity index (χ0v) is 32.5. The number of dihydropyridines is 2. The Morgan fingerprint density at radius 1 is 0.593 bits per heavy atom. The molecule has 6 heterocycles. The third kappa shape index (κ3) is 6.42. The summed E-state index contributed by atoms with van der Waals surface area (Å²) in [4.78, 5) is 22.3. The van der Waals surface area contributed by atoms with Gasteiger partial charge < -0.3 is 4.74 Å². The van der Waals surface area contributed by atoms with Crippen LogP contribution < -0.4 is 0 Å². The Labute approximate surface area is 335 Å². The van der Waals surface area contributed by atoms with Crippen molar-refractivity contribution in [3.63, 3.8) is 0 Å². The molecule has 0 N–H and O–H groups in total. The van der Waals surface area contributed by atoms with Crippen molar-refractivity contribution in [2.24, 2.45) is 24.1 Å². The van der Waals surface area contributed by atoms with Gasteiger partial charge in [0.25, 0.3) is 0 Å². The quantitative estimate of drug-likeness (QED) is 0.159. The maximum atomic E-state index is 15.7. The van der Waals surface area contributed by atoms with Crippen LogP contribution in [0, 0.1) is 25.5 Å². The third-order valence-corrected chi connectivity index (χ3v) is 11.1. The number of rotatable bonds is 5. The highest BCUT2D eigenvalue weighted by Crippen LogP contribution is 2.33. The number of halogens is 2. The molecule has 0 bridgehead atoms. The molecule has 14 heteroatoms. The summed E-state index contributed by atoms with van der Waals surface area (Å²) in [5, 5.41) is 29.2. The van der Waals surface area contributed by atoms with E-state index in [4.69, 9.17) is 4.74 Å². The molecule has 0 saturated carbocycles. The molecule has 4 aromatic carbocycles. The number of carbonyl (C=O) groups is 1. The molecule has 0 unspecified atom stereocenters. The first kappa shape index (κ1) is 36.0. The molecule has 0 aliphatic carbocycles. The lowest BCUT2D eigenvalue weighted by molar-refractivity contribution is -0.128. The summed E-state index contributed by atoms with van der Waals surface area (Å²) < 4.78 is 40.9. The Bertz CT molecular complexity index is 3250. The van der Waals surface area contributed by atoms with Crippen molar-refractivity contribution in [3.8, 4) is 22.5 Å². The minimum atomic E-state index is -0.648. The summed E-state index contributed by atoms with van der Waals surface area (Å²) in [6, 6.07) is 21.6. The summed E-state index contributed by atoms with van der Waals surface area (Å²) in [6.45, 7) is 4.35. The van der Waals surface area contributed by atoms with Gasteiger partial charge in [-0.1, -0.05) is 24.3 Å².